The zero-order valence-corrected chi connectivity index (χ0v) is 11.0. The van der Waals surface area contributed by atoms with Crippen LogP contribution in [0.25, 0.3) is 0 Å². The fourth-order valence-electron chi connectivity index (χ4n) is 3.83. The van der Waals surface area contributed by atoms with Crippen molar-refractivity contribution in [1.29, 1.82) is 0 Å². The first-order chi connectivity index (χ1) is 8.78. The van der Waals surface area contributed by atoms with Crippen LogP contribution in [0.4, 0.5) is 0 Å². The molecule has 1 heterocycles. The predicted octanol–water partition coefficient (Wildman–Crippen LogP) is 2.81. The first-order valence-electron chi connectivity index (χ1n) is 7.23. The molecule has 1 spiro atoms. The first kappa shape index (κ1) is 12.2. The van der Waals surface area contributed by atoms with Gasteiger partial charge in [0.1, 0.15) is 0 Å². The Hall–Kier alpha value is -0.860. The molecule has 1 saturated carbocycles. The van der Waals surface area contributed by atoms with Gasteiger partial charge in [-0.25, -0.2) is 0 Å². The summed E-state index contributed by atoms with van der Waals surface area (Å²) in [7, 11) is 0. The summed E-state index contributed by atoms with van der Waals surface area (Å²) in [5.74, 6) is 0. The van der Waals surface area contributed by atoms with Crippen LogP contribution in [0.15, 0.2) is 30.3 Å². The maximum Gasteiger partial charge on any atom is 0.0608 e. The Balaban J connectivity index is 1.67. The van der Waals surface area contributed by atoms with Crippen molar-refractivity contribution in [3.05, 3.63) is 35.9 Å². The highest BCUT2D eigenvalue weighted by molar-refractivity contribution is 5.14. The van der Waals surface area contributed by atoms with E-state index in [2.05, 4.69) is 35.2 Å². The highest BCUT2D eigenvalue weighted by atomic mass is 16.3. The number of aliphatic hydroxyl groups excluding tert-OH is 1. The summed E-state index contributed by atoms with van der Waals surface area (Å²) < 4.78 is 0. The van der Waals surface area contributed by atoms with E-state index in [1.807, 2.05) is 0 Å². The van der Waals surface area contributed by atoms with Crippen molar-refractivity contribution in [1.82, 2.24) is 4.90 Å². The summed E-state index contributed by atoms with van der Waals surface area (Å²) in [5.41, 5.74) is 1.61. The van der Waals surface area contributed by atoms with E-state index < -0.39 is 0 Å². The third-order valence-corrected chi connectivity index (χ3v) is 4.80. The van der Waals surface area contributed by atoms with E-state index in [0.29, 0.717) is 0 Å². The summed E-state index contributed by atoms with van der Waals surface area (Å²) in [4.78, 5) is 2.54. The SMILES string of the molecule is OC1CCCC12CCCN(Cc1ccccc1)C2. The van der Waals surface area contributed by atoms with E-state index in [9.17, 15) is 5.11 Å². The number of hydrogen-bond acceptors (Lipinski definition) is 2. The Labute approximate surface area is 110 Å². The summed E-state index contributed by atoms with van der Waals surface area (Å²) >= 11 is 0. The molecule has 2 fully saturated rings. The fraction of sp³-hybridized carbons (Fsp3) is 0.625. The number of piperidine rings is 1. The molecule has 1 aliphatic carbocycles. The van der Waals surface area contributed by atoms with Crippen LogP contribution in [0.5, 0.6) is 0 Å². The van der Waals surface area contributed by atoms with Crippen LogP contribution < -0.4 is 0 Å². The van der Waals surface area contributed by atoms with Crippen LogP contribution in [0.3, 0.4) is 0 Å². The van der Waals surface area contributed by atoms with Gasteiger partial charge in [-0.05, 0) is 37.8 Å². The van der Waals surface area contributed by atoms with Gasteiger partial charge >= 0.3 is 0 Å². The average Bonchev–Trinajstić information content (AvgIpc) is 2.72. The molecule has 2 aliphatic rings. The van der Waals surface area contributed by atoms with Gasteiger partial charge < -0.3 is 5.11 Å². The van der Waals surface area contributed by atoms with E-state index in [4.69, 9.17) is 0 Å². The second kappa shape index (κ2) is 5.02. The maximum atomic E-state index is 10.3. The number of benzene rings is 1. The van der Waals surface area contributed by atoms with Gasteiger partial charge in [-0.3, -0.25) is 4.90 Å². The van der Waals surface area contributed by atoms with Crippen molar-refractivity contribution in [2.75, 3.05) is 13.1 Å². The summed E-state index contributed by atoms with van der Waals surface area (Å²) in [6.45, 7) is 3.31. The average molecular weight is 245 g/mol. The number of aliphatic hydroxyl groups is 1. The summed E-state index contributed by atoms with van der Waals surface area (Å²) in [6, 6.07) is 10.7. The Bertz CT molecular complexity index is 391. The Morgan fingerprint density at radius 2 is 1.94 bits per heavy atom. The normalized spacial score (nSPS) is 33.1. The molecular formula is C16H23NO. The minimum atomic E-state index is -0.0592. The van der Waals surface area contributed by atoms with Gasteiger partial charge in [-0.15, -0.1) is 0 Å². The van der Waals surface area contributed by atoms with Crippen molar-refractivity contribution in [3.63, 3.8) is 0 Å². The lowest BCUT2D eigenvalue weighted by Crippen LogP contribution is -2.46. The number of rotatable bonds is 2. The lowest BCUT2D eigenvalue weighted by atomic mass is 9.76. The van der Waals surface area contributed by atoms with Crippen LogP contribution in [0.2, 0.25) is 0 Å². The molecule has 1 N–H and O–H groups in total. The molecule has 1 aromatic carbocycles. The zero-order chi connectivity index (χ0) is 12.4. The molecule has 0 aromatic heterocycles. The summed E-state index contributed by atoms with van der Waals surface area (Å²) in [5, 5.41) is 10.3. The van der Waals surface area contributed by atoms with Gasteiger partial charge in [0.05, 0.1) is 6.10 Å². The number of likely N-dealkylation sites (tertiary alicyclic amines) is 1. The molecule has 98 valence electrons. The molecule has 0 bridgehead atoms. The van der Waals surface area contributed by atoms with Crippen LogP contribution >= 0.6 is 0 Å². The third kappa shape index (κ3) is 2.32. The van der Waals surface area contributed by atoms with Gasteiger partial charge in [0.2, 0.25) is 0 Å². The quantitative estimate of drug-likeness (QED) is 0.866. The molecule has 2 unspecified atom stereocenters. The van der Waals surface area contributed by atoms with E-state index in [1.165, 1.54) is 37.8 Å². The largest absolute Gasteiger partial charge is 0.393 e. The second-order valence-electron chi connectivity index (χ2n) is 6.07. The highest BCUT2D eigenvalue weighted by Gasteiger charge is 2.44. The van der Waals surface area contributed by atoms with E-state index >= 15 is 0 Å². The van der Waals surface area contributed by atoms with Crippen molar-refractivity contribution >= 4 is 0 Å². The lowest BCUT2D eigenvalue weighted by molar-refractivity contribution is -0.0120. The molecule has 2 nitrogen and oxygen atoms in total. The molecule has 2 atom stereocenters. The van der Waals surface area contributed by atoms with Crippen molar-refractivity contribution in [2.24, 2.45) is 5.41 Å². The van der Waals surface area contributed by atoms with E-state index in [-0.39, 0.29) is 11.5 Å². The first-order valence-corrected chi connectivity index (χ1v) is 7.23. The van der Waals surface area contributed by atoms with Crippen LogP contribution in [-0.2, 0) is 6.54 Å². The van der Waals surface area contributed by atoms with Gasteiger partial charge in [0.15, 0.2) is 0 Å². The van der Waals surface area contributed by atoms with Crippen molar-refractivity contribution in [2.45, 2.75) is 44.8 Å². The molecule has 1 saturated heterocycles. The number of hydrogen-bond donors (Lipinski definition) is 1. The fourth-order valence-corrected chi connectivity index (χ4v) is 3.83. The molecular weight excluding hydrogens is 222 g/mol. The van der Waals surface area contributed by atoms with Gasteiger partial charge in [-0.2, -0.15) is 0 Å². The van der Waals surface area contributed by atoms with Gasteiger partial charge in [0.25, 0.3) is 0 Å². The Morgan fingerprint density at radius 1 is 1.17 bits per heavy atom. The molecule has 1 aromatic rings. The third-order valence-electron chi connectivity index (χ3n) is 4.80. The molecule has 0 radical (unpaired) electrons. The van der Waals surface area contributed by atoms with Gasteiger partial charge in [-0.1, -0.05) is 36.8 Å². The molecule has 3 rings (SSSR count). The predicted molar refractivity (Wildman–Crippen MR) is 73.2 cm³/mol. The maximum absolute atomic E-state index is 10.3. The number of nitrogens with zero attached hydrogens (tertiary/aromatic N) is 1. The molecule has 1 aliphatic heterocycles. The lowest BCUT2D eigenvalue weighted by Gasteiger charge is -2.42. The standard InChI is InChI=1S/C16H23NO/c18-15-8-4-9-16(15)10-5-11-17(13-16)12-14-6-2-1-3-7-14/h1-3,6-7,15,18H,4-5,8-13H2. The Kier molecular flexibility index (Phi) is 3.40. The van der Waals surface area contributed by atoms with Crippen molar-refractivity contribution in [3.8, 4) is 0 Å². The minimum absolute atomic E-state index is 0.0592. The zero-order valence-electron chi connectivity index (χ0n) is 11.0. The molecule has 18 heavy (non-hydrogen) atoms. The van der Waals surface area contributed by atoms with Crippen molar-refractivity contribution < 1.29 is 5.11 Å². The minimum Gasteiger partial charge on any atom is -0.393 e. The topological polar surface area (TPSA) is 23.5 Å². The summed E-state index contributed by atoms with van der Waals surface area (Å²) in [6.07, 6.45) is 5.85. The monoisotopic (exact) mass is 245 g/mol. The van der Waals surface area contributed by atoms with Gasteiger partial charge in [0, 0.05) is 18.5 Å². The molecule has 2 heteroatoms. The Morgan fingerprint density at radius 3 is 2.67 bits per heavy atom. The van der Waals surface area contributed by atoms with Crippen LogP contribution in [0, 0.1) is 5.41 Å². The molecule has 0 amide bonds. The second-order valence-corrected chi connectivity index (χ2v) is 6.07. The smallest absolute Gasteiger partial charge is 0.0608 e. The van der Waals surface area contributed by atoms with Crippen LogP contribution in [0.1, 0.15) is 37.7 Å². The van der Waals surface area contributed by atoms with E-state index in [1.54, 1.807) is 0 Å². The van der Waals surface area contributed by atoms with E-state index in [0.717, 1.165) is 19.5 Å². The highest BCUT2D eigenvalue weighted by Crippen LogP contribution is 2.45. The van der Waals surface area contributed by atoms with Crippen LogP contribution in [-0.4, -0.2) is 29.2 Å².